The zero-order valence-electron chi connectivity index (χ0n) is 11.3. The monoisotopic (exact) mass is 250 g/mol. The second-order valence-electron chi connectivity index (χ2n) is 4.79. The number of nitrogens with two attached hydrogens (primary N) is 1. The van der Waals surface area contributed by atoms with E-state index in [1.807, 2.05) is 12.1 Å². The Morgan fingerprint density at radius 2 is 2.11 bits per heavy atom. The van der Waals surface area contributed by atoms with Gasteiger partial charge in [-0.05, 0) is 38.5 Å². The van der Waals surface area contributed by atoms with Gasteiger partial charge in [0.05, 0.1) is 14.2 Å². The van der Waals surface area contributed by atoms with Crippen LogP contribution in [0.2, 0.25) is 0 Å². The molecule has 1 fully saturated rings. The summed E-state index contributed by atoms with van der Waals surface area (Å²) in [6.07, 6.45) is 1.14. The SMILES string of the molecule is COc1cccc(C2C(CN)CCN2C)c1OC. The van der Waals surface area contributed by atoms with Gasteiger partial charge in [-0.25, -0.2) is 0 Å². The third-order valence-electron chi connectivity index (χ3n) is 3.83. The van der Waals surface area contributed by atoms with Crippen molar-refractivity contribution in [3.63, 3.8) is 0 Å². The molecule has 0 aliphatic carbocycles. The van der Waals surface area contributed by atoms with Gasteiger partial charge in [0.15, 0.2) is 11.5 Å². The number of ether oxygens (including phenoxy) is 2. The molecule has 2 rings (SSSR count). The molecule has 0 radical (unpaired) electrons. The highest BCUT2D eigenvalue weighted by Crippen LogP contribution is 2.43. The highest BCUT2D eigenvalue weighted by molar-refractivity contribution is 5.48. The van der Waals surface area contributed by atoms with Crippen LogP contribution in [-0.4, -0.2) is 39.3 Å². The van der Waals surface area contributed by atoms with Crippen LogP contribution in [0.15, 0.2) is 18.2 Å². The first-order chi connectivity index (χ1) is 8.72. The predicted molar refractivity (Wildman–Crippen MR) is 72.1 cm³/mol. The van der Waals surface area contributed by atoms with Crippen molar-refractivity contribution < 1.29 is 9.47 Å². The van der Waals surface area contributed by atoms with Gasteiger partial charge in [-0.1, -0.05) is 12.1 Å². The van der Waals surface area contributed by atoms with E-state index < -0.39 is 0 Å². The molecule has 4 nitrogen and oxygen atoms in total. The molecule has 1 heterocycles. The van der Waals surface area contributed by atoms with Crippen molar-refractivity contribution in [3.05, 3.63) is 23.8 Å². The van der Waals surface area contributed by atoms with E-state index in [-0.39, 0.29) is 0 Å². The number of likely N-dealkylation sites (tertiary alicyclic amines) is 1. The first kappa shape index (κ1) is 13.2. The van der Waals surface area contributed by atoms with Crippen molar-refractivity contribution in [2.24, 2.45) is 11.7 Å². The van der Waals surface area contributed by atoms with Crippen molar-refractivity contribution in [2.45, 2.75) is 12.5 Å². The molecule has 18 heavy (non-hydrogen) atoms. The number of rotatable bonds is 4. The van der Waals surface area contributed by atoms with Gasteiger partial charge < -0.3 is 15.2 Å². The predicted octanol–water partition coefficient (Wildman–Crippen LogP) is 1.66. The van der Waals surface area contributed by atoms with Crippen LogP contribution in [-0.2, 0) is 0 Å². The first-order valence-corrected chi connectivity index (χ1v) is 6.34. The minimum atomic E-state index is 0.319. The van der Waals surface area contributed by atoms with Crippen LogP contribution in [0.3, 0.4) is 0 Å². The summed E-state index contributed by atoms with van der Waals surface area (Å²) in [5, 5.41) is 0. The first-order valence-electron chi connectivity index (χ1n) is 6.34. The average Bonchev–Trinajstić information content (AvgIpc) is 2.78. The molecule has 0 aromatic heterocycles. The molecule has 1 aliphatic heterocycles. The Kier molecular flexibility index (Phi) is 4.09. The Morgan fingerprint density at radius 1 is 1.33 bits per heavy atom. The molecular formula is C14H22N2O2. The molecule has 0 amide bonds. The standard InChI is InChI=1S/C14H22N2O2/c1-16-8-7-10(9-15)13(16)11-5-4-6-12(17-2)14(11)18-3/h4-6,10,13H,7-9,15H2,1-3H3. The zero-order valence-corrected chi connectivity index (χ0v) is 11.3. The smallest absolute Gasteiger partial charge is 0.165 e. The van der Waals surface area contributed by atoms with E-state index in [4.69, 9.17) is 15.2 Å². The molecule has 1 saturated heterocycles. The number of hydrogen-bond donors (Lipinski definition) is 1. The average molecular weight is 250 g/mol. The summed E-state index contributed by atoms with van der Waals surface area (Å²) in [5.41, 5.74) is 7.06. The molecule has 0 saturated carbocycles. The van der Waals surface area contributed by atoms with Gasteiger partial charge in [-0.2, -0.15) is 0 Å². The van der Waals surface area contributed by atoms with Crippen LogP contribution in [0.4, 0.5) is 0 Å². The Morgan fingerprint density at radius 3 is 2.72 bits per heavy atom. The number of nitrogens with zero attached hydrogens (tertiary/aromatic N) is 1. The van der Waals surface area contributed by atoms with E-state index >= 15 is 0 Å². The van der Waals surface area contributed by atoms with E-state index in [0.29, 0.717) is 18.5 Å². The quantitative estimate of drug-likeness (QED) is 0.883. The molecule has 4 heteroatoms. The molecular weight excluding hydrogens is 228 g/mol. The highest BCUT2D eigenvalue weighted by atomic mass is 16.5. The largest absolute Gasteiger partial charge is 0.493 e. The van der Waals surface area contributed by atoms with Crippen LogP contribution >= 0.6 is 0 Å². The van der Waals surface area contributed by atoms with Crippen molar-refractivity contribution >= 4 is 0 Å². The number of hydrogen-bond acceptors (Lipinski definition) is 4. The van der Waals surface area contributed by atoms with Gasteiger partial charge in [0, 0.05) is 11.6 Å². The van der Waals surface area contributed by atoms with Crippen molar-refractivity contribution in [3.8, 4) is 11.5 Å². The number of benzene rings is 1. The molecule has 2 unspecified atom stereocenters. The maximum Gasteiger partial charge on any atom is 0.165 e. The summed E-state index contributed by atoms with van der Waals surface area (Å²) < 4.78 is 10.9. The lowest BCUT2D eigenvalue weighted by atomic mass is 9.93. The second-order valence-corrected chi connectivity index (χ2v) is 4.79. The summed E-state index contributed by atoms with van der Waals surface area (Å²) in [7, 11) is 5.49. The summed E-state index contributed by atoms with van der Waals surface area (Å²) in [6, 6.07) is 6.36. The van der Waals surface area contributed by atoms with Crippen LogP contribution < -0.4 is 15.2 Å². The summed E-state index contributed by atoms with van der Waals surface area (Å²) in [4.78, 5) is 2.34. The third-order valence-corrected chi connectivity index (χ3v) is 3.83. The number of para-hydroxylation sites is 1. The highest BCUT2D eigenvalue weighted by Gasteiger charge is 2.34. The second kappa shape index (κ2) is 5.59. The molecule has 1 aromatic rings. The molecule has 0 spiro atoms. The maximum absolute atomic E-state index is 5.89. The van der Waals surface area contributed by atoms with Gasteiger partial charge >= 0.3 is 0 Å². The fourth-order valence-electron chi connectivity index (χ4n) is 2.91. The fourth-order valence-corrected chi connectivity index (χ4v) is 2.91. The van der Waals surface area contributed by atoms with Crippen LogP contribution in [0, 0.1) is 5.92 Å². The van der Waals surface area contributed by atoms with Crippen molar-refractivity contribution in [1.82, 2.24) is 4.90 Å². The molecule has 0 bridgehead atoms. The Hall–Kier alpha value is -1.26. The van der Waals surface area contributed by atoms with Gasteiger partial charge in [0.25, 0.3) is 0 Å². The summed E-state index contributed by atoms with van der Waals surface area (Å²) in [5.74, 6) is 2.10. The van der Waals surface area contributed by atoms with E-state index in [9.17, 15) is 0 Å². The Bertz CT molecular complexity index is 409. The summed E-state index contributed by atoms with van der Waals surface area (Å²) >= 11 is 0. The van der Waals surface area contributed by atoms with Gasteiger partial charge in [-0.15, -0.1) is 0 Å². The van der Waals surface area contributed by atoms with E-state index in [1.54, 1.807) is 14.2 Å². The molecule has 100 valence electrons. The van der Waals surface area contributed by atoms with E-state index in [0.717, 1.165) is 24.5 Å². The van der Waals surface area contributed by atoms with Crippen molar-refractivity contribution in [2.75, 3.05) is 34.4 Å². The van der Waals surface area contributed by atoms with E-state index in [2.05, 4.69) is 18.0 Å². The topological polar surface area (TPSA) is 47.7 Å². The molecule has 2 N–H and O–H groups in total. The van der Waals surface area contributed by atoms with Gasteiger partial charge in [0.1, 0.15) is 0 Å². The molecule has 1 aliphatic rings. The van der Waals surface area contributed by atoms with Crippen LogP contribution in [0.25, 0.3) is 0 Å². The lowest BCUT2D eigenvalue weighted by Gasteiger charge is -2.27. The molecule has 1 aromatic carbocycles. The van der Waals surface area contributed by atoms with Gasteiger partial charge in [-0.3, -0.25) is 4.90 Å². The zero-order chi connectivity index (χ0) is 13.1. The lowest BCUT2D eigenvalue weighted by molar-refractivity contribution is 0.266. The van der Waals surface area contributed by atoms with Gasteiger partial charge in [0.2, 0.25) is 0 Å². The van der Waals surface area contributed by atoms with E-state index in [1.165, 1.54) is 5.56 Å². The van der Waals surface area contributed by atoms with Crippen LogP contribution in [0.1, 0.15) is 18.0 Å². The maximum atomic E-state index is 5.89. The fraction of sp³-hybridized carbons (Fsp3) is 0.571. The molecule has 2 atom stereocenters. The normalized spacial score (nSPS) is 24.2. The summed E-state index contributed by atoms with van der Waals surface area (Å²) in [6.45, 7) is 1.78. The number of methoxy groups -OCH3 is 2. The Labute approximate surface area is 109 Å². The minimum Gasteiger partial charge on any atom is -0.493 e. The minimum absolute atomic E-state index is 0.319. The lowest BCUT2D eigenvalue weighted by Crippen LogP contribution is -2.25. The van der Waals surface area contributed by atoms with Crippen molar-refractivity contribution in [1.29, 1.82) is 0 Å². The third kappa shape index (κ3) is 2.18. The van der Waals surface area contributed by atoms with Crippen LogP contribution in [0.5, 0.6) is 11.5 Å². The Balaban J connectivity index is 2.43.